The van der Waals surface area contributed by atoms with E-state index in [1.54, 1.807) is 26.4 Å². The molecule has 0 unspecified atom stereocenters. The van der Waals surface area contributed by atoms with Crippen molar-refractivity contribution in [2.45, 2.75) is 6.54 Å². The normalized spacial score (nSPS) is 10.0. The number of carbonyl (C=O) groups is 1. The van der Waals surface area contributed by atoms with Crippen molar-refractivity contribution in [3.8, 4) is 11.5 Å². The number of methoxy groups -OCH3 is 2. The first kappa shape index (κ1) is 12.8. The van der Waals surface area contributed by atoms with E-state index < -0.39 is 5.91 Å². The Kier molecular flexibility index (Phi) is 3.91. The summed E-state index contributed by atoms with van der Waals surface area (Å²) >= 11 is 0. The van der Waals surface area contributed by atoms with Crippen LogP contribution in [0, 0.1) is 0 Å². The largest absolute Gasteiger partial charge is 0.493 e. The summed E-state index contributed by atoms with van der Waals surface area (Å²) in [6.07, 6.45) is 0. The molecule has 0 saturated carbocycles. The Balaban J connectivity index is 2.02. The molecule has 8 heteroatoms. The average molecular weight is 263 g/mol. The van der Waals surface area contributed by atoms with Crippen molar-refractivity contribution in [1.29, 1.82) is 0 Å². The second-order valence-electron chi connectivity index (χ2n) is 3.61. The summed E-state index contributed by atoms with van der Waals surface area (Å²) in [5.74, 6) is 0.841. The lowest BCUT2D eigenvalue weighted by Gasteiger charge is -2.09. The third kappa shape index (κ3) is 2.97. The van der Waals surface area contributed by atoms with Crippen molar-refractivity contribution in [3.63, 3.8) is 0 Å². The van der Waals surface area contributed by atoms with Crippen LogP contribution in [0.4, 0.5) is 0 Å². The summed E-state index contributed by atoms with van der Waals surface area (Å²) in [5, 5.41) is 15.4. The van der Waals surface area contributed by atoms with E-state index in [4.69, 9.17) is 9.47 Å². The van der Waals surface area contributed by atoms with Crippen molar-refractivity contribution in [2.75, 3.05) is 14.2 Å². The zero-order valence-electron chi connectivity index (χ0n) is 10.5. The van der Waals surface area contributed by atoms with E-state index in [0.717, 1.165) is 5.56 Å². The van der Waals surface area contributed by atoms with Gasteiger partial charge in [0, 0.05) is 6.54 Å². The molecule has 0 saturated heterocycles. The van der Waals surface area contributed by atoms with E-state index in [1.807, 2.05) is 6.07 Å². The summed E-state index contributed by atoms with van der Waals surface area (Å²) < 4.78 is 10.3. The second-order valence-corrected chi connectivity index (χ2v) is 3.61. The van der Waals surface area contributed by atoms with Crippen LogP contribution in [0.5, 0.6) is 11.5 Å². The van der Waals surface area contributed by atoms with Gasteiger partial charge in [-0.25, -0.2) is 0 Å². The van der Waals surface area contributed by atoms with Crippen LogP contribution in [0.3, 0.4) is 0 Å². The maximum Gasteiger partial charge on any atom is 0.293 e. The molecule has 8 nitrogen and oxygen atoms in total. The molecule has 2 rings (SSSR count). The number of nitrogens with one attached hydrogen (secondary N) is 2. The minimum absolute atomic E-state index is 0.000441. The predicted molar refractivity (Wildman–Crippen MR) is 64.9 cm³/mol. The van der Waals surface area contributed by atoms with Crippen LogP contribution in [0.15, 0.2) is 18.2 Å². The van der Waals surface area contributed by atoms with Crippen LogP contribution in [0.25, 0.3) is 0 Å². The molecule has 0 aliphatic rings. The first-order valence-corrected chi connectivity index (χ1v) is 5.47. The third-order valence-electron chi connectivity index (χ3n) is 2.45. The lowest BCUT2D eigenvalue weighted by atomic mass is 10.2. The summed E-state index contributed by atoms with van der Waals surface area (Å²) in [4.78, 5) is 11.6. The number of aromatic nitrogens is 4. The molecular weight excluding hydrogens is 250 g/mol. The average Bonchev–Trinajstić information content (AvgIpc) is 2.98. The summed E-state index contributed by atoms with van der Waals surface area (Å²) in [6, 6.07) is 5.39. The van der Waals surface area contributed by atoms with E-state index >= 15 is 0 Å². The van der Waals surface area contributed by atoms with Gasteiger partial charge in [0.1, 0.15) is 0 Å². The maximum atomic E-state index is 11.6. The number of amides is 1. The van der Waals surface area contributed by atoms with Gasteiger partial charge in [-0.05, 0) is 22.9 Å². The number of hydrogen-bond acceptors (Lipinski definition) is 6. The topological polar surface area (TPSA) is 102 Å². The molecule has 1 heterocycles. The van der Waals surface area contributed by atoms with Crippen molar-refractivity contribution in [2.24, 2.45) is 0 Å². The molecular formula is C11H13N5O3. The molecule has 0 bridgehead atoms. The Morgan fingerprint density at radius 2 is 2.11 bits per heavy atom. The zero-order valence-corrected chi connectivity index (χ0v) is 10.5. The molecule has 0 spiro atoms. The highest BCUT2D eigenvalue weighted by molar-refractivity contribution is 5.89. The van der Waals surface area contributed by atoms with Gasteiger partial charge in [-0.1, -0.05) is 6.07 Å². The Hall–Kier alpha value is -2.64. The smallest absolute Gasteiger partial charge is 0.293 e. The van der Waals surface area contributed by atoms with E-state index in [1.165, 1.54) is 0 Å². The monoisotopic (exact) mass is 263 g/mol. The van der Waals surface area contributed by atoms with Gasteiger partial charge >= 0.3 is 0 Å². The molecule has 100 valence electrons. The quantitative estimate of drug-likeness (QED) is 0.796. The first-order chi connectivity index (χ1) is 9.24. The molecule has 0 fully saturated rings. The fraction of sp³-hybridized carbons (Fsp3) is 0.273. The van der Waals surface area contributed by atoms with Gasteiger partial charge in [0.2, 0.25) is 0 Å². The Morgan fingerprint density at radius 1 is 1.32 bits per heavy atom. The molecule has 2 N–H and O–H groups in total. The number of nitrogens with zero attached hydrogens (tertiary/aromatic N) is 3. The van der Waals surface area contributed by atoms with Gasteiger partial charge in [-0.3, -0.25) is 4.79 Å². The van der Waals surface area contributed by atoms with Crippen LogP contribution in [-0.4, -0.2) is 40.8 Å². The fourth-order valence-electron chi connectivity index (χ4n) is 1.51. The molecule has 19 heavy (non-hydrogen) atoms. The molecule has 1 amide bonds. The highest BCUT2D eigenvalue weighted by atomic mass is 16.5. The third-order valence-corrected chi connectivity index (χ3v) is 2.45. The highest BCUT2D eigenvalue weighted by Crippen LogP contribution is 2.27. The van der Waals surface area contributed by atoms with Gasteiger partial charge in [0.25, 0.3) is 11.7 Å². The SMILES string of the molecule is COc1ccc(CNC(=O)c2nn[nH]n2)cc1OC. The number of ether oxygens (including phenoxy) is 2. The molecule has 0 atom stereocenters. The van der Waals surface area contributed by atoms with Crippen LogP contribution in [-0.2, 0) is 6.54 Å². The summed E-state index contributed by atoms with van der Waals surface area (Å²) in [6.45, 7) is 0.327. The minimum Gasteiger partial charge on any atom is -0.493 e. The number of aromatic amines is 1. The first-order valence-electron chi connectivity index (χ1n) is 5.47. The van der Waals surface area contributed by atoms with Crippen LogP contribution in [0.1, 0.15) is 16.2 Å². The number of rotatable bonds is 5. The molecule has 2 aromatic rings. The Bertz CT molecular complexity index is 555. The Labute approximate surface area is 109 Å². The van der Waals surface area contributed by atoms with Crippen LogP contribution < -0.4 is 14.8 Å². The van der Waals surface area contributed by atoms with Crippen LogP contribution in [0.2, 0.25) is 0 Å². The van der Waals surface area contributed by atoms with Crippen LogP contribution >= 0.6 is 0 Å². The highest BCUT2D eigenvalue weighted by Gasteiger charge is 2.10. The number of H-pyrrole nitrogens is 1. The van der Waals surface area contributed by atoms with Gasteiger partial charge < -0.3 is 14.8 Å². The molecule has 0 aliphatic carbocycles. The lowest BCUT2D eigenvalue weighted by Crippen LogP contribution is -2.24. The fourth-order valence-corrected chi connectivity index (χ4v) is 1.51. The maximum absolute atomic E-state index is 11.6. The molecule has 0 radical (unpaired) electrons. The predicted octanol–water partition coefficient (Wildman–Crippen LogP) is 0.147. The molecule has 1 aromatic carbocycles. The number of hydrogen-bond donors (Lipinski definition) is 2. The summed E-state index contributed by atoms with van der Waals surface area (Å²) in [7, 11) is 3.12. The van der Waals surface area contributed by atoms with Gasteiger partial charge in [0.05, 0.1) is 14.2 Å². The number of carbonyl (C=O) groups excluding carboxylic acids is 1. The zero-order chi connectivity index (χ0) is 13.7. The Morgan fingerprint density at radius 3 is 2.74 bits per heavy atom. The lowest BCUT2D eigenvalue weighted by molar-refractivity contribution is 0.0940. The van der Waals surface area contributed by atoms with E-state index in [0.29, 0.717) is 18.0 Å². The van der Waals surface area contributed by atoms with Crippen molar-refractivity contribution >= 4 is 5.91 Å². The van der Waals surface area contributed by atoms with Gasteiger partial charge in [-0.2, -0.15) is 5.21 Å². The standard InChI is InChI=1S/C11H13N5O3/c1-18-8-4-3-7(5-9(8)19-2)6-12-11(17)10-13-15-16-14-10/h3-5H,6H2,1-2H3,(H,12,17)(H,13,14,15,16). The second kappa shape index (κ2) is 5.80. The van der Waals surface area contributed by atoms with Crippen molar-refractivity contribution in [1.82, 2.24) is 25.9 Å². The molecule has 1 aromatic heterocycles. The van der Waals surface area contributed by atoms with E-state index in [9.17, 15) is 4.79 Å². The summed E-state index contributed by atoms with van der Waals surface area (Å²) in [5.41, 5.74) is 0.870. The van der Waals surface area contributed by atoms with Gasteiger partial charge in [0.15, 0.2) is 11.5 Å². The van der Waals surface area contributed by atoms with E-state index in [-0.39, 0.29) is 5.82 Å². The van der Waals surface area contributed by atoms with Crippen molar-refractivity contribution in [3.05, 3.63) is 29.6 Å². The molecule has 0 aliphatic heterocycles. The number of tetrazole rings is 1. The van der Waals surface area contributed by atoms with Crippen molar-refractivity contribution < 1.29 is 14.3 Å². The number of benzene rings is 1. The minimum atomic E-state index is -0.400. The van der Waals surface area contributed by atoms with E-state index in [2.05, 4.69) is 25.9 Å². The van der Waals surface area contributed by atoms with Gasteiger partial charge in [-0.15, -0.1) is 10.2 Å².